The maximum atomic E-state index is 10.3. The van der Waals surface area contributed by atoms with Crippen LogP contribution in [0.1, 0.15) is 87.8 Å². The molecular formula is C27H36N2. The molecule has 0 aromatic heterocycles. The third-order valence-electron chi connectivity index (χ3n) is 6.36. The Morgan fingerprint density at radius 2 is 1.21 bits per heavy atom. The van der Waals surface area contributed by atoms with E-state index in [1.807, 2.05) is 0 Å². The van der Waals surface area contributed by atoms with Crippen molar-refractivity contribution in [2.24, 2.45) is 0 Å². The summed E-state index contributed by atoms with van der Waals surface area (Å²) in [6.07, 6.45) is 14.3. The lowest BCUT2D eigenvalue weighted by atomic mass is 9.84. The molecule has 0 bridgehead atoms. The molecule has 0 amide bonds. The highest BCUT2D eigenvalue weighted by molar-refractivity contribution is 5.25. The number of nitrogens with zero attached hydrogens (tertiary/aromatic N) is 1. The smallest absolute Gasteiger partial charge is 0.107 e. The number of rotatable bonds is 5. The fourth-order valence-corrected chi connectivity index (χ4v) is 4.63. The normalized spacial score (nSPS) is 19.3. The first-order valence-electron chi connectivity index (χ1n) is 11.6. The maximum absolute atomic E-state index is 10.3. The van der Waals surface area contributed by atoms with Crippen LogP contribution in [0, 0.1) is 11.3 Å². The van der Waals surface area contributed by atoms with Crippen molar-refractivity contribution in [1.82, 2.24) is 5.32 Å². The largest absolute Gasteiger partial charge is 0.292 e. The predicted molar refractivity (Wildman–Crippen MR) is 122 cm³/mol. The summed E-state index contributed by atoms with van der Waals surface area (Å²) in [5, 5.41) is 14.2. The minimum atomic E-state index is -0.422. The van der Waals surface area contributed by atoms with Crippen molar-refractivity contribution in [3.63, 3.8) is 0 Å². The van der Waals surface area contributed by atoms with Gasteiger partial charge in [0.2, 0.25) is 0 Å². The summed E-state index contributed by atoms with van der Waals surface area (Å²) >= 11 is 0. The number of nitrogens with one attached hydrogen (secondary N) is 1. The zero-order valence-electron chi connectivity index (χ0n) is 17.8. The van der Waals surface area contributed by atoms with Gasteiger partial charge < -0.3 is 0 Å². The van der Waals surface area contributed by atoms with E-state index in [9.17, 15) is 5.26 Å². The van der Waals surface area contributed by atoms with Crippen LogP contribution in [0.2, 0.25) is 0 Å². The monoisotopic (exact) mass is 388 g/mol. The van der Waals surface area contributed by atoms with Crippen LogP contribution in [0.3, 0.4) is 0 Å². The Hall–Kier alpha value is -2.11. The molecule has 1 aliphatic carbocycles. The van der Waals surface area contributed by atoms with Gasteiger partial charge in [-0.05, 0) is 30.4 Å². The lowest BCUT2D eigenvalue weighted by Crippen LogP contribution is -2.46. The highest BCUT2D eigenvalue weighted by Gasteiger charge is 2.32. The lowest BCUT2D eigenvalue weighted by Gasteiger charge is -2.34. The van der Waals surface area contributed by atoms with Crippen LogP contribution in [0.25, 0.3) is 0 Å². The van der Waals surface area contributed by atoms with Crippen molar-refractivity contribution in [1.29, 1.82) is 5.26 Å². The van der Waals surface area contributed by atoms with E-state index < -0.39 is 5.54 Å². The predicted octanol–water partition coefficient (Wildman–Crippen LogP) is 7.13. The second-order valence-corrected chi connectivity index (χ2v) is 8.67. The van der Waals surface area contributed by atoms with Gasteiger partial charge in [0.15, 0.2) is 0 Å². The van der Waals surface area contributed by atoms with E-state index in [0.717, 1.165) is 32.1 Å². The van der Waals surface area contributed by atoms with Gasteiger partial charge in [0.1, 0.15) is 5.54 Å². The molecule has 2 nitrogen and oxygen atoms in total. The van der Waals surface area contributed by atoms with E-state index in [0.29, 0.717) is 0 Å². The van der Waals surface area contributed by atoms with Crippen LogP contribution in [0.5, 0.6) is 0 Å². The quantitative estimate of drug-likeness (QED) is 0.591. The van der Waals surface area contributed by atoms with Gasteiger partial charge in [-0.25, -0.2) is 0 Å². The SMILES string of the molecule is N#CC1(NC(Cc2ccccc2)c2ccccc2)CCCCCCCCCCC1. The van der Waals surface area contributed by atoms with Crippen molar-refractivity contribution in [3.05, 3.63) is 71.8 Å². The molecular weight excluding hydrogens is 352 g/mol. The Morgan fingerprint density at radius 3 is 1.72 bits per heavy atom. The topological polar surface area (TPSA) is 35.8 Å². The Morgan fingerprint density at radius 1 is 0.724 bits per heavy atom. The highest BCUT2D eigenvalue weighted by Crippen LogP contribution is 2.29. The molecule has 0 radical (unpaired) electrons. The van der Waals surface area contributed by atoms with Gasteiger partial charge >= 0.3 is 0 Å². The summed E-state index contributed by atoms with van der Waals surface area (Å²) in [5.41, 5.74) is 2.17. The third kappa shape index (κ3) is 7.02. The second-order valence-electron chi connectivity index (χ2n) is 8.67. The molecule has 29 heavy (non-hydrogen) atoms. The van der Waals surface area contributed by atoms with Crippen molar-refractivity contribution in [2.75, 3.05) is 0 Å². The van der Waals surface area contributed by atoms with Crippen molar-refractivity contribution in [2.45, 2.75) is 88.6 Å². The second kappa shape index (κ2) is 11.8. The zero-order chi connectivity index (χ0) is 20.2. The molecule has 1 fully saturated rings. The highest BCUT2D eigenvalue weighted by atomic mass is 15.0. The molecule has 0 spiro atoms. The van der Waals surface area contributed by atoms with Crippen LogP contribution < -0.4 is 5.32 Å². The molecule has 2 aromatic carbocycles. The van der Waals surface area contributed by atoms with Gasteiger partial charge in [0.05, 0.1) is 6.07 Å². The molecule has 1 atom stereocenters. The van der Waals surface area contributed by atoms with Crippen LogP contribution in [0.15, 0.2) is 60.7 Å². The minimum absolute atomic E-state index is 0.158. The summed E-state index contributed by atoms with van der Waals surface area (Å²) in [7, 11) is 0. The van der Waals surface area contributed by atoms with Gasteiger partial charge in [-0.2, -0.15) is 5.26 Å². The number of nitriles is 1. The van der Waals surface area contributed by atoms with E-state index in [1.54, 1.807) is 0 Å². The van der Waals surface area contributed by atoms with Gasteiger partial charge in [0, 0.05) is 6.04 Å². The lowest BCUT2D eigenvalue weighted by molar-refractivity contribution is 0.293. The van der Waals surface area contributed by atoms with E-state index in [4.69, 9.17) is 0 Å². The van der Waals surface area contributed by atoms with E-state index in [2.05, 4.69) is 72.0 Å². The average Bonchev–Trinajstić information content (AvgIpc) is 2.76. The summed E-state index contributed by atoms with van der Waals surface area (Å²) in [6.45, 7) is 0. The Bertz CT molecular complexity index is 720. The van der Waals surface area contributed by atoms with E-state index in [1.165, 1.54) is 56.1 Å². The van der Waals surface area contributed by atoms with Gasteiger partial charge in [0.25, 0.3) is 0 Å². The summed E-state index contributed by atoms with van der Waals surface area (Å²) in [5.74, 6) is 0. The molecule has 1 N–H and O–H groups in total. The molecule has 2 aromatic rings. The summed E-state index contributed by atoms with van der Waals surface area (Å²) < 4.78 is 0. The molecule has 0 aliphatic heterocycles. The van der Waals surface area contributed by atoms with Crippen LogP contribution >= 0.6 is 0 Å². The van der Waals surface area contributed by atoms with Crippen molar-refractivity contribution in [3.8, 4) is 6.07 Å². The third-order valence-corrected chi connectivity index (χ3v) is 6.36. The molecule has 1 saturated carbocycles. The molecule has 1 unspecified atom stereocenters. The molecule has 0 saturated heterocycles. The van der Waals surface area contributed by atoms with Crippen LogP contribution in [-0.2, 0) is 6.42 Å². The first kappa shape index (κ1) is 21.6. The molecule has 0 heterocycles. The molecule has 1 aliphatic rings. The first-order valence-corrected chi connectivity index (χ1v) is 11.6. The Balaban J connectivity index is 1.79. The van der Waals surface area contributed by atoms with E-state index >= 15 is 0 Å². The summed E-state index contributed by atoms with van der Waals surface area (Å²) in [6, 6.07) is 24.2. The number of hydrogen-bond acceptors (Lipinski definition) is 2. The molecule has 2 heteroatoms. The van der Waals surface area contributed by atoms with Gasteiger partial charge in [-0.15, -0.1) is 0 Å². The Kier molecular flexibility index (Phi) is 8.78. The van der Waals surface area contributed by atoms with Gasteiger partial charge in [-0.1, -0.05) is 118 Å². The van der Waals surface area contributed by atoms with Crippen molar-refractivity contribution < 1.29 is 0 Å². The van der Waals surface area contributed by atoms with Crippen molar-refractivity contribution >= 4 is 0 Å². The van der Waals surface area contributed by atoms with E-state index in [-0.39, 0.29) is 6.04 Å². The van der Waals surface area contributed by atoms with Crippen LogP contribution in [-0.4, -0.2) is 5.54 Å². The Labute approximate surface area is 177 Å². The fourth-order valence-electron chi connectivity index (χ4n) is 4.63. The zero-order valence-corrected chi connectivity index (χ0v) is 17.8. The van der Waals surface area contributed by atoms with Crippen LogP contribution in [0.4, 0.5) is 0 Å². The first-order chi connectivity index (χ1) is 14.3. The number of hydrogen-bond donors (Lipinski definition) is 1. The maximum Gasteiger partial charge on any atom is 0.107 e. The molecule has 3 rings (SSSR count). The number of benzene rings is 2. The standard InChI is InChI=1S/C27H36N2/c28-23-27(20-14-6-4-2-1-3-5-7-15-21-27)29-26(25-18-12-9-13-19-25)22-24-16-10-8-11-17-24/h8-13,16-19,26,29H,1-7,14-15,20-22H2. The fraction of sp³-hybridized carbons (Fsp3) is 0.519. The molecule has 154 valence electrons. The summed E-state index contributed by atoms with van der Waals surface area (Å²) in [4.78, 5) is 0. The average molecular weight is 389 g/mol. The minimum Gasteiger partial charge on any atom is -0.292 e. The van der Waals surface area contributed by atoms with Gasteiger partial charge in [-0.3, -0.25) is 5.32 Å².